The maximum absolute atomic E-state index is 10.9. The highest BCUT2D eigenvalue weighted by Gasteiger charge is 2.15. The third-order valence-electron chi connectivity index (χ3n) is 3.04. The molecule has 0 saturated heterocycles. The van der Waals surface area contributed by atoms with Crippen molar-refractivity contribution in [2.75, 3.05) is 11.9 Å². The number of hydrogen-bond donors (Lipinski definition) is 3. The summed E-state index contributed by atoms with van der Waals surface area (Å²) in [4.78, 5) is 13.8. The van der Waals surface area contributed by atoms with Crippen LogP contribution in [0.4, 0.5) is 5.69 Å². The van der Waals surface area contributed by atoms with Gasteiger partial charge in [-0.05, 0) is 24.5 Å². The molecule has 0 radical (unpaired) electrons. The molecule has 2 aromatic rings. The van der Waals surface area contributed by atoms with Gasteiger partial charge in [0.15, 0.2) is 0 Å². The molecule has 4 heteroatoms. The molecule has 0 fully saturated rings. The van der Waals surface area contributed by atoms with E-state index in [2.05, 4.69) is 16.4 Å². The fourth-order valence-electron chi connectivity index (χ4n) is 2.26. The molecule has 0 saturated carbocycles. The number of hydrogen-bond acceptors (Lipinski definition) is 2. The minimum absolute atomic E-state index is 0.246. The number of benzene rings is 1. The third-order valence-corrected chi connectivity index (χ3v) is 3.04. The average molecular weight is 216 g/mol. The van der Waals surface area contributed by atoms with Gasteiger partial charge in [-0.3, -0.25) is 0 Å². The van der Waals surface area contributed by atoms with Crippen LogP contribution in [0.2, 0.25) is 0 Å². The van der Waals surface area contributed by atoms with E-state index in [-0.39, 0.29) is 5.69 Å². The number of carboxylic acid groups (broad SMARTS) is 1. The van der Waals surface area contributed by atoms with Gasteiger partial charge in [0.25, 0.3) is 0 Å². The Balaban J connectivity index is 2.26. The van der Waals surface area contributed by atoms with Crippen LogP contribution in [-0.4, -0.2) is 22.6 Å². The minimum Gasteiger partial charge on any atom is -0.477 e. The average Bonchev–Trinajstić information content (AvgIpc) is 2.73. The number of anilines is 1. The van der Waals surface area contributed by atoms with E-state index >= 15 is 0 Å². The van der Waals surface area contributed by atoms with E-state index in [4.69, 9.17) is 5.11 Å². The number of aromatic amines is 1. The number of aromatic nitrogens is 1. The lowest BCUT2D eigenvalue weighted by molar-refractivity contribution is 0.0691. The molecule has 2 heterocycles. The van der Waals surface area contributed by atoms with Crippen LogP contribution in [0.3, 0.4) is 0 Å². The second-order valence-electron chi connectivity index (χ2n) is 4.08. The highest BCUT2D eigenvalue weighted by Crippen LogP contribution is 2.30. The summed E-state index contributed by atoms with van der Waals surface area (Å²) in [7, 11) is 0. The van der Waals surface area contributed by atoms with Crippen molar-refractivity contribution in [1.82, 2.24) is 4.98 Å². The Kier molecular flexibility index (Phi) is 1.89. The molecule has 0 amide bonds. The lowest BCUT2D eigenvalue weighted by Crippen LogP contribution is -2.11. The number of fused-ring (bicyclic) bond motifs is 3. The smallest absolute Gasteiger partial charge is 0.352 e. The van der Waals surface area contributed by atoms with Crippen molar-refractivity contribution in [1.29, 1.82) is 0 Å². The Hall–Kier alpha value is -1.97. The normalized spacial score (nSPS) is 14.5. The number of nitrogens with one attached hydrogen (secondary N) is 2. The molecule has 0 atom stereocenters. The second-order valence-corrected chi connectivity index (χ2v) is 4.08. The molecule has 3 rings (SSSR count). The van der Waals surface area contributed by atoms with Gasteiger partial charge in [-0.15, -0.1) is 0 Å². The van der Waals surface area contributed by atoms with Crippen molar-refractivity contribution in [2.45, 2.75) is 12.8 Å². The van der Waals surface area contributed by atoms with E-state index in [1.54, 1.807) is 6.07 Å². The van der Waals surface area contributed by atoms with Crippen molar-refractivity contribution in [3.8, 4) is 0 Å². The Labute approximate surface area is 92.3 Å². The number of H-pyrrole nitrogens is 1. The van der Waals surface area contributed by atoms with Gasteiger partial charge in [0.05, 0.1) is 11.2 Å². The maximum atomic E-state index is 10.9. The lowest BCUT2D eigenvalue weighted by Gasteiger charge is -2.18. The fraction of sp³-hybridized carbons (Fsp3) is 0.250. The van der Waals surface area contributed by atoms with E-state index in [0.29, 0.717) is 0 Å². The molecule has 1 aliphatic heterocycles. The molecule has 1 aromatic heterocycles. The summed E-state index contributed by atoms with van der Waals surface area (Å²) < 4.78 is 0. The van der Waals surface area contributed by atoms with Crippen LogP contribution < -0.4 is 5.32 Å². The summed E-state index contributed by atoms with van der Waals surface area (Å²) in [5, 5.41) is 13.2. The molecular formula is C12H12N2O2. The molecule has 0 unspecified atom stereocenters. The highest BCUT2D eigenvalue weighted by atomic mass is 16.4. The number of aromatic carboxylic acids is 1. The van der Waals surface area contributed by atoms with Crippen LogP contribution >= 0.6 is 0 Å². The Morgan fingerprint density at radius 3 is 3.06 bits per heavy atom. The summed E-state index contributed by atoms with van der Waals surface area (Å²) in [6.45, 7) is 0.952. The van der Waals surface area contributed by atoms with Gasteiger partial charge in [-0.25, -0.2) is 4.79 Å². The first-order chi connectivity index (χ1) is 7.75. The molecule has 82 valence electrons. The van der Waals surface area contributed by atoms with Crippen LogP contribution in [-0.2, 0) is 6.42 Å². The molecule has 4 nitrogen and oxygen atoms in total. The van der Waals surface area contributed by atoms with Gasteiger partial charge in [0, 0.05) is 11.9 Å². The van der Waals surface area contributed by atoms with Gasteiger partial charge < -0.3 is 15.4 Å². The zero-order chi connectivity index (χ0) is 11.1. The summed E-state index contributed by atoms with van der Waals surface area (Å²) in [5.41, 5.74) is 3.49. The molecule has 3 N–H and O–H groups in total. The number of carboxylic acids is 1. The van der Waals surface area contributed by atoms with Gasteiger partial charge >= 0.3 is 5.97 Å². The number of aryl methyl sites for hydroxylation is 1. The predicted molar refractivity (Wildman–Crippen MR) is 62.1 cm³/mol. The van der Waals surface area contributed by atoms with Crippen molar-refractivity contribution in [3.05, 3.63) is 29.5 Å². The zero-order valence-corrected chi connectivity index (χ0v) is 8.71. The van der Waals surface area contributed by atoms with Gasteiger partial charge in [-0.2, -0.15) is 0 Å². The lowest BCUT2D eigenvalue weighted by atomic mass is 10.0. The fourth-order valence-corrected chi connectivity index (χ4v) is 2.26. The van der Waals surface area contributed by atoms with Crippen LogP contribution in [0.15, 0.2) is 18.2 Å². The molecule has 0 bridgehead atoms. The summed E-state index contributed by atoms with van der Waals surface area (Å²) in [6, 6.07) is 5.72. The quantitative estimate of drug-likeness (QED) is 0.684. The Morgan fingerprint density at radius 2 is 2.25 bits per heavy atom. The first-order valence-electron chi connectivity index (χ1n) is 5.37. The molecule has 0 aliphatic carbocycles. The minimum atomic E-state index is -0.916. The summed E-state index contributed by atoms with van der Waals surface area (Å²) in [5.74, 6) is -0.916. The van der Waals surface area contributed by atoms with Gasteiger partial charge in [0.2, 0.25) is 0 Å². The van der Waals surface area contributed by atoms with Gasteiger partial charge in [-0.1, -0.05) is 12.1 Å². The standard InChI is InChI=1S/C12H12N2O2/c15-12(16)9-6-8-4-3-7-2-1-5-13-10(7)11(8)14-9/h3-4,6,13-14H,1-2,5H2,(H,15,16). The molecule has 1 aromatic carbocycles. The highest BCUT2D eigenvalue weighted by molar-refractivity contribution is 5.99. The topological polar surface area (TPSA) is 65.1 Å². The molecule has 0 spiro atoms. The van der Waals surface area contributed by atoms with E-state index in [0.717, 1.165) is 36.0 Å². The predicted octanol–water partition coefficient (Wildman–Crippen LogP) is 2.22. The van der Waals surface area contributed by atoms with Crippen LogP contribution in [0.5, 0.6) is 0 Å². The van der Waals surface area contributed by atoms with Crippen LogP contribution in [0, 0.1) is 0 Å². The van der Waals surface area contributed by atoms with E-state index in [9.17, 15) is 4.79 Å². The summed E-state index contributed by atoms with van der Waals surface area (Å²) in [6.07, 6.45) is 2.19. The van der Waals surface area contributed by atoms with Crippen molar-refractivity contribution in [3.63, 3.8) is 0 Å². The van der Waals surface area contributed by atoms with Crippen LogP contribution in [0.25, 0.3) is 10.9 Å². The SMILES string of the molecule is O=C(O)c1cc2ccc3c(c2[nH]1)NCCC3. The van der Waals surface area contributed by atoms with E-state index in [1.165, 1.54) is 5.56 Å². The number of carbonyl (C=O) groups is 1. The van der Waals surface area contributed by atoms with Gasteiger partial charge in [0.1, 0.15) is 5.69 Å². The Bertz CT molecular complexity index is 572. The first kappa shape index (κ1) is 9.27. The van der Waals surface area contributed by atoms with Crippen LogP contribution in [0.1, 0.15) is 22.5 Å². The molecule has 1 aliphatic rings. The zero-order valence-electron chi connectivity index (χ0n) is 8.71. The monoisotopic (exact) mass is 216 g/mol. The first-order valence-corrected chi connectivity index (χ1v) is 5.37. The molecule has 16 heavy (non-hydrogen) atoms. The molecular weight excluding hydrogens is 204 g/mol. The second kappa shape index (κ2) is 3.27. The largest absolute Gasteiger partial charge is 0.477 e. The van der Waals surface area contributed by atoms with E-state index in [1.807, 2.05) is 6.07 Å². The Morgan fingerprint density at radius 1 is 1.38 bits per heavy atom. The number of rotatable bonds is 1. The van der Waals surface area contributed by atoms with Crippen molar-refractivity contribution in [2.24, 2.45) is 0 Å². The third kappa shape index (κ3) is 1.26. The van der Waals surface area contributed by atoms with E-state index < -0.39 is 5.97 Å². The summed E-state index contributed by atoms with van der Waals surface area (Å²) >= 11 is 0. The van der Waals surface area contributed by atoms with Crippen molar-refractivity contribution < 1.29 is 9.90 Å². The van der Waals surface area contributed by atoms with Crippen molar-refractivity contribution >= 4 is 22.6 Å². The maximum Gasteiger partial charge on any atom is 0.352 e.